The van der Waals surface area contributed by atoms with Gasteiger partial charge in [-0.1, -0.05) is 23.7 Å². The molecule has 1 fully saturated rings. The SMILES string of the molecule is CNCCC1CCCCN1C(=O)Cc1cccc(Cl)c1. The molecule has 1 saturated heterocycles. The molecule has 2 rings (SSSR count). The molecular weight excluding hydrogens is 272 g/mol. The fourth-order valence-corrected chi connectivity index (χ4v) is 3.08. The van der Waals surface area contributed by atoms with Crippen LogP contribution in [0.4, 0.5) is 0 Å². The van der Waals surface area contributed by atoms with Gasteiger partial charge in [-0.15, -0.1) is 0 Å². The third kappa shape index (κ3) is 4.22. The van der Waals surface area contributed by atoms with E-state index in [1.54, 1.807) is 0 Å². The normalized spacial score (nSPS) is 19.1. The molecule has 1 aromatic rings. The van der Waals surface area contributed by atoms with Gasteiger partial charge in [0.25, 0.3) is 0 Å². The average molecular weight is 295 g/mol. The van der Waals surface area contributed by atoms with Crippen molar-refractivity contribution in [1.29, 1.82) is 0 Å². The van der Waals surface area contributed by atoms with E-state index in [1.165, 1.54) is 6.42 Å². The molecule has 1 N–H and O–H groups in total. The van der Waals surface area contributed by atoms with Crippen LogP contribution < -0.4 is 5.32 Å². The molecular formula is C16H23ClN2O. The first-order valence-electron chi connectivity index (χ1n) is 7.39. The number of carbonyl (C=O) groups is 1. The van der Waals surface area contributed by atoms with Crippen LogP contribution in [0.3, 0.4) is 0 Å². The van der Waals surface area contributed by atoms with Gasteiger partial charge >= 0.3 is 0 Å². The van der Waals surface area contributed by atoms with Crippen molar-refractivity contribution in [2.24, 2.45) is 0 Å². The van der Waals surface area contributed by atoms with Gasteiger partial charge in [-0.05, 0) is 57.0 Å². The molecule has 1 aliphatic rings. The first-order chi connectivity index (χ1) is 9.70. The number of nitrogens with one attached hydrogen (secondary N) is 1. The zero-order valence-corrected chi connectivity index (χ0v) is 12.8. The van der Waals surface area contributed by atoms with Gasteiger partial charge in [0.2, 0.25) is 5.91 Å². The van der Waals surface area contributed by atoms with Gasteiger partial charge in [0.05, 0.1) is 6.42 Å². The molecule has 0 spiro atoms. The van der Waals surface area contributed by atoms with Gasteiger partial charge in [-0.2, -0.15) is 0 Å². The largest absolute Gasteiger partial charge is 0.339 e. The molecule has 3 nitrogen and oxygen atoms in total. The van der Waals surface area contributed by atoms with Gasteiger partial charge in [0.15, 0.2) is 0 Å². The quantitative estimate of drug-likeness (QED) is 0.906. The van der Waals surface area contributed by atoms with Crippen molar-refractivity contribution in [2.45, 2.75) is 38.1 Å². The van der Waals surface area contributed by atoms with Crippen LogP contribution in [0.25, 0.3) is 0 Å². The van der Waals surface area contributed by atoms with Crippen LogP contribution in [-0.2, 0) is 11.2 Å². The van der Waals surface area contributed by atoms with Gasteiger partial charge in [-0.25, -0.2) is 0 Å². The van der Waals surface area contributed by atoms with Crippen molar-refractivity contribution >= 4 is 17.5 Å². The smallest absolute Gasteiger partial charge is 0.227 e. The summed E-state index contributed by atoms with van der Waals surface area (Å²) in [6.45, 7) is 1.86. The minimum absolute atomic E-state index is 0.230. The zero-order valence-electron chi connectivity index (χ0n) is 12.1. The maximum atomic E-state index is 12.5. The highest BCUT2D eigenvalue weighted by Gasteiger charge is 2.25. The van der Waals surface area contributed by atoms with E-state index < -0.39 is 0 Å². The third-order valence-corrected chi connectivity index (χ3v) is 4.15. The Kier molecular flexibility index (Phi) is 5.86. The monoisotopic (exact) mass is 294 g/mol. The number of benzene rings is 1. The highest BCUT2D eigenvalue weighted by atomic mass is 35.5. The van der Waals surface area contributed by atoms with Crippen molar-refractivity contribution in [2.75, 3.05) is 20.1 Å². The minimum atomic E-state index is 0.230. The van der Waals surface area contributed by atoms with Crippen LogP contribution >= 0.6 is 11.6 Å². The summed E-state index contributed by atoms with van der Waals surface area (Å²) in [5.41, 5.74) is 1.00. The van der Waals surface area contributed by atoms with E-state index in [0.29, 0.717) is 17.5 Å². The second-order valence-electron chi connectivity index (χ2n) is 5.44. The van der Waals surface area contributed by atoms with Crippen molar-refractivity contribution in [3.05, 3.63) is 34.9 Å². The molecule has 0 saturated carbocycles. The van der Waals surface area contributed by atoms with Crippen LogP contribution in [0.15, 0.2) is 24.3 Å². The lowest BCUT2D eigenvalue weighted by atomic mass is 9.98. The first-order valence-corrected chi connectivity index (χ1v) is 7.77. The maximum Gasteiger partial charge on any atom is 0.227 e. The molecule has 110 valence electrons. The Bertz CT molecular complexity index is 450. The molecule has 1 amide bonds. The molecule has 0 bridgehead atoms. The van der Waals surface area contributed by atoms with E-state index in [-0.39, 0.29) is 5.91 Å². The number of carbonyl (C=O) groups excluding carboxylic acids is 1. The van der Waals surface area contributed by atoms with Crippen molar-refractivity contribution in [3.8, 4) is 0 Å². The van der Waals surface area contributed by atoms with Crippen molar-refractivity contribution in [1.82, 2.24) is 10.2 Å². The second kappa shape index (κ2) is 7.65. The molecule has 4 heteroatoms. The molecule has 0 aliphatic carbocycles. The topological polar surface area (TPSA) is 32.3 Å². The fourth-order valence-electron chi connectivity index (χ4n) is 2.86. The number of amides is 1. The Hall–Kier alpha value is -1.06. The highest BCUT2D eigenvalue weighted by molar-refractivity contribution is 6.30. The Balaban J connectivity index is 1.98. The number of halogens is 1. The van der Waals surface area contributed by atoms with E-state index in [2.05, 4.69) is 10.2 Å². The van der Waals surface area contributed by atoms with Crippen LogP contribution in [0.5, 0.6) is 0 Å². The molecule has 1 aromatic carbocycles. The zero-order chi connectivity index (χ0) is 14.4. The summed E-state index contributed by atoms with van der Waals surface area (Å²) in [5, 5.41) is 3.87. The van der Waals surface area contributed by atoms with Crippen molar-refractivity contribution in [3.63, 3.8) is 0 Å². The van der Waals surface area contributed by atoms with Crippen LogP contribution in [0, 0.1) is 0 Å². The summed E-state index contributed by atoms with van der Waals surface area (Å²) < 4.78 is 0. The predicted octanol–water partition coefficient (Wildman–Crippen LogP) is 2.87. The van der Waals surface area contributed by atoms with E-state index in [0.717, 1.165) is 37.9 Å². The van der Waals surface area contributed by atoms with Gasteiger partial charge in [-0.3, -0.25) is 4.79 Å². The summed E-state index contributed by atoms with van der Waals surface area (Å²) in [4.78, 5) is 14.6. The summed E-state index contributed by atoms with van der Waals surface area (Å²) in [6.07, 6.45) is 4.98. The van der Waals surface area contributed by atoms with E-state index in [9.17, 15) is 4.79 Å². The number of likely N-dealkylation sites (tertiary alicyclic amines) is 1. The molecule has 0 radical (unpaired) electrons. The molecule has 1 heterocycles. The fraction of sp³-hybridized carbons (Fsp3) is 0.562. The lowest BCUT2D eigenvalue weighted by molar-refractivity contribution is -0.134. The third-order valence-electron chi connectivity index (χ3n) is 3.92. The van der Waals surface area contributed by atoms with Gasteiger partial charge in [0.1, 0.15) is 0 Å². The van der Waals surface area contributed by atoms with Crippen LogP contribution in [-0.4, -0.2) is 37.0 Å². The van der Waals surface area contributed by atoms with E-state index in [4.69, 9.17) is 11.6 Å². The Morgan fingerprint density at radius 3 is 3.05 bits per heavy atom. The van der Waals surface area contributed by atoms with E-state index >= 15 is 0 Å². The molecule has 0 aromatic heterocycles. The summed E-state index contributed by atoms with van der Waals surface area (Å²) in [6, 6.07) is 7.98. The molecule has 20 heavy (non-hydrogen) atoms. The van der Waals surface area contributed by atoms with Gasteiger partial charge < -0.3 is 10.2 Å². The molecule has 1 unspecified atom stereocenters. The Morgan fingerprint density at radius 1 is 1.45 bits per heavy atom. The van der Waals surface area contributed by atoms with E-state index in [1.807, 2.05) is 31.3 Å². The van der Waals surface area contributed by atoms with Gasteiger partial charge in [0, 0.05) is 17.6 Å². The summed E-state index contributed by atoms with van der Waals surface area (Å²) in [5.74, 6) is 0.230. The second-order valence-corrected chi connectivity index (χ2v) is 5.87. The predicted molar refractivity (Wildman–Crippen MR) is 83.1 cm³/mol. The van der Waals surface area contributed by atoms with Crippen LogP contribution in [0.2, 0.25) is 5.02 Å². The van der Waals surface area contributed by atoms with Crippen molar-refractivity contribution < 1.29 is 4.79 Å². The molecule has 1 atom stereocenters. The number of nitrogens with zero attached hydrogens (tertiary/aromatic N) is 1. The minimum Gasteiger partial charge on any atom is -0.339 e. The Morgan fingerprint density at radius 2 is 2.30 bits per heavy atom. The first kappa shape index (κ1) is 15.3. The van der Waals surface area contributed by atoms with Crippen LogP contribution in [0.1, 0.15) is 31.2 Å². The standard InChI is InChI=1S/C16H23ClN2O/c1-18-9-8-15-7-2-3-10-19(15)16(20)12-13-5-4-6-14(17)11-13/h4-6,11,15,18H,2-3,7-10,12H2,1H3. The Labute approximate surface area is 126 Å². The average Bonchev–Trinajstić information content (AvgIpc) is 2.45. The number of piperidine rings is 1. The highest BCUT2D eigenvalue weighted by Crippen LogP contribution is 2.21. The lowest BCUT2D eigenvalue weighted by Gasteiger charge is -2.36. The maximum absolute atomic E-state index is 12.5. The lowest BCUT2D eigenvalue weighted by Crippen LogP contribution is -2.45. The number of rotatable bonds is 5. The number of hydrogen-bond acceptors (Lipinski definition) is 2. The summed E-state index contributed by atoms with van der Waals surface area (Å²) in [7, 11) is 1.96. The number of hydrogen-bond donors (Lipinski definition) is 1. The summed E-state index contributed by atoms with van der Waals surface area (Å²) >= 11 is 5.98. The molecule has 1 aliphatic heterocycles.